The van der Waals surface area contributed by atoms with Gasteiger partial charge in [0.1, 0.15) is 5.76 Å². The molecule has 0 unspecified atom stereocenters. The predicted molar refractivity (Wildman–Crippen MR) is 80.9 cm³/mol. The second-order valence-corrected chi connectivity index (χ2v) is 4.96. The minimum atomic E-state index is 0.123. The van der Waals surface area contributed by atoms with E-state index in [1.54, 1.807) is 12.3 Å². The van der Waals surface area contributed by atoms with Crippen LogP contribution in [0.25, 0.3) is 6.08 Å². The average Bonchev–Trinajstić information content (AvgIpc) is 2.95. The smallest absolute Gasteiger partial charge is 0.185 e. The zero-order chi connectivity index (χ0) is 14.2. The Morgan fingerprint density at radius 2 is 2.20 bits per heavy atom. The molecule has 20 heavy (non-hydrogen) atoms. The Morgan fingerprint density at radius 1 is 1.35 bits per heavy atom. The van der Waals surface area contributed by atoms with E-state index in [0.717, 1.165) is 55.4 Å². The highest BCUT2D eigenvalue weighted by atomic mass is 16.3. The van der Waals surface area contributed by atoms with Crippen molar-refractivity contribution in [1.82, 2.24) is 0 Å². The number of allylic oxidation sites excluding steroid dienone is 3. The molecule has 0 N–H and O–H groups in total. The number of Topliss-reactive ketones (excluding diaryl/α,β-unsaturated/α-hetero) is 1. The Bertz CT molecular complexity index is 562. The lowest BCUT2D eigenvalue weighted by Gasteiger charge is -2.15. The highest BCUT2D eigenvalue weighted by molar-refractivity contribution is 6.11. The first-order valence-electron chi connectivity index (χ1n) is 7.27. The van der Waals surface area contributed by atoms with Gasteiger partial charge in [0, 0.05) is 17.6 Å². The molecule has 0 saturated heterocycles. The monoisotopic (exact) mass is 268 g/mol. The Labute approximate surface area is 120 Å². The molecule has 1 heterocycles. The van der Waals surface area contributed by atoms with Crippen LogP contribution in [0.4, 0.5) is 0 Å². The van der Waals surface area contributed by atoms with E-state index in [0.29, 0.717) is 0 Å². The van der Waals surface area contributed by atoms with Crippen LogP contribution in [0.5, 0.6) is 0 Å². The number of carbonyl (C=O) groups excluding carboxylic acids is 1. The van der Waals surface area contributed by atoms with Gasteiger partial charge in [-0.05, 0) is 50.0 Å². The van der Waals surface area contributed by atoms with Gasteiger partial charge in [-0.25, -0.2) is 0 Å². The van der Waals surface area contributed by atoms with E-state index in [-0.39, 0.29) is 5.78 Å². The maximum atomic E-state index is 12.3. The quantitative estimate of drug-likeness (QED) is 0.458. The number of rotatable bonds is 3. The molecular weight excluding hydrogens is 248 g/mol. The van der Waals surface area contributed by atoms with E-state index < -0.39 is 0 Å². The van der Waals surface area contributed by atoms with Crippen LogP contribution in [0.15, 0.2) is 40.0 Å². The molecule has 104 valence electrons. The van der Waals surface area contributed by atoms with Crippen molar-refractivity contribution in [1.29, 1.82) is 0 Å². The molecule has 0 amide bonds. The molecule has 1 fully saturated rings. The molecular formula is C18H20O2. The molecule has 1 aromatic heterocycles. The number of ketones is 1. The highest BCUT2D eigenvalue weighted by Gasteiger charge is 2.20. The van der Waals surface area contributed by atoms with Gasteiger partial charge in [-0.15, -0.1) is 0 Å². The van der Waals surface area contributed by atoms with Gasteiger partial charge in [0.05, 0.1) is 6.26 Å². The Hall–Kier alpha value is -2.01. The maximum Gasteiger partial charge on any atom is 0.185 e. The van der Waals surface area contributed by atoms with Gasteiger partial charge < -0.3 is 4.42 Å². The van der Waals surface area contributed by atoms with Crippen LogP contribution in [0.1, 0.15) is 51.2 Å². The fourth-order valence-electron chi connectivity index (χ4n) is 2.20. The largest absolute Gasteiger partial charge is 0.465 e. The molecule has 0 radical (unpaired) electrons. The summed E-state index contributed by atoms with van der Waals surface area (Å²) in [7, 11) is 0. The summed E-state index contributed by atoms with van der Waals surface area (Å²) in [4.78, 5) is 12.3. The summed E-state index contributed by atoms with van der Waals surface area (Å²) in [5.74, 6) is 6.98. The minimum absolute atomic E-state index is 0.123. The fourth-order valence-corrected chi connectivity index (χ4v) is 2.20. The molecule has 1 saturated carbocycles. The number of hydrogen-bond acceptors (Lipinski definition) is 2. The third-order valence-corrected chi connectivity index (χ3v) is 3.34. The van der Waals surface area contributed by atoms with Gasteiger partial charge in [-0.2, -0.15) is 0 Å². The predicted octanol–water partition coefficient (Wildman–Crippen LogP) is 4.54. The molecule has 2 rings (SSSR count). The fraction of sp³-hybridized carbons (Fsp3) is 0.389. The van der Waals surface area contributed by atoms with Gasteiger partial charge in [-0.1, -0.05) is 25.2 Å². The lowest BCUT2D eigenvalue weighted by molar-refractivity contribution is -0.112. The number of furan rings is 1. The summed E-state index contributed by atoms with van der Waals surface area (Å²) in [6.45, 7) is 2.15. The normalized spacial score (nSPS) is 19.1. The van der Waals surface area contributed by atoms with Crippen LogP contribution in [0.2, 0.25) is 0 Å². The van der Waals surface area contributed by atoms with E-state index in [9.17, 15) is 4.79 Å². The highest BCUT2D eigenvalue weighted by Crippen LogP contribution is 2.26. The van der Waals surface area contributed by atoms with Crippen molar-refractivity contribution in [3.63, 3.8) is 0 Å². The number of carbonyl (C=O) groups is 1. The van der Waals surface area contributed by atoms with Crippen molar-refractivity contribution >= 4 is 11.9 Å². The zero-order valence-electron chi connectivity index (χ0n) is 11.9. The van der Waals surface area contributed by atoms with Crippen molar-refractivity contribution < 1.29 is 9.21 Å². The van der Waals surface area contributed by atoms with E-state index in [1.165, 1.54) is 0 Å². The molecule has 0 spiro atoms. The van der Waals surface area contributed by atoms with Gasteiger partial charge in [0.15, 0.2) is 5.78 Å². The van der Waals surface area contributed by atoms with Gasteiger partial charge in [-0.3, -0.25) is 4.79 Å². The third kappa shape index (κ3) is 3.99. The van der Waals surface area contributed by atoms with E-state index in [2.05, 4.69) is 18.8 Å². The first-order valence-corrected chi connectivity index (χ1v) is 7.27. The summed E-state index contributed by atoms with van der Waals surface area (Å²) in [6.07, 6.45) is 11.1. The Balaban J connectivity index is 2.06. The first kappa shape index (κ1) is 14.4. The second-order valence-electron chi connectivity index (χ2n) is 4.96. The van der Waals surface area contributed by atoms with E-state index >= 15 is 0 Å². The number of unbranched alkanes of at least 4 members (excludes halogenated alkanes) is 2. The average molecular weight is 268 g/mol. The van der Waals surface area contributed by atoms with Crippen molar-refractivity contribution in [2.75, 3.05) is 0 Å². The molecule has 1 aliphatic rings. The van der Waals surface area contributed by atoms with Crippen molar-refractivity contribution in [3.8, 4) is 11.8 Å². The lowest BCUT2D eigenvalue weighted by Crippen LogP contribution is -2.12. The van der Waals surface area contributed by atoms with Crippen LogP contribution in [0.3, 0.4) is 0 Å². The van der Waals surface area contributed by atoms with Crippen LogP contribution in [-0.4, -0.2) is 5.78 Å². The molecule has 2 nitrogen and oxygen atoms in total. The topological polar surface area (TPSA) is 30.2 Å². The number of hydrogen-bond donors (Lipinski definition) is 0. The molecule has 0 atom stereocenters. The molecule has 1 aromatic rings. The molecule has 0 aliphatic heterocycles. The van der Waals surface area contributed by atoms with Crippen LogP contribution in [-0.2, 0) is 4.79 Å². The molecule has 2 heteroatoms. The van der Waals surface area contributed by atoms with Crippen molar-refractivity contribution in [2.45, 2.75) is 45.4 Å². The second kappa shape index (κ2) is 7.55. The third-order valence-electron chi connectivity index (χ3n) is 3.34. The molecule has 0 bridgehead atoms. The summed E-state index contributed by atoms with van der Waals surface area (Å²) in [5, 5.41) is 0. The van der Waals surface area contributed by atoms with E-state index in [1.807, 2.05) is 18.2 Å². The standard InChI is InChI=1S/C18H20O2/c1-2-3-4-5-6-9-15-10-7-11-16(18(15)19)14-17-12-8-13-20-17/h8-9,12-14H,2-4,7,10-11H2,1H3/b15-9+,16-14+. The van der Waals surface area contributed by atoms with Crippen molar-refractivity contribution in [2.24, 2.45) is 0 Å². The zero-order valence-corrected chi connectivity index (χ0v) is 11.9. The summed E-state index contributed by atoms with van der Waals surface area (Å²) in [5.41, 5.74) is 1.66. The first-order chi connectivity index (χ1) is 9.81. The van der Waals surface area contributed by atoms with E-state index in [4.69, 9.17) is 4.42 Å². The maximum absolute atomic E-state index is 12.3. The van der Waals surface area contributed by atoms with Crippen molar-refractivity contribution in [3.05, 3.63) is 41.4 Å². The Morgan fingerprint density at radius 3 is 2.95 bits per heavy atom. The summed E-state index contributed by atoms with van der Waals surface area (Å²) in [6, 6.07) is 3.69. The summed E-state index contributed by atoms with van der Waals surface area (Å²) < 4.78 is 5.27. The van der Waals surface area contributed by atoms with Gasteiger partial charge in [0.2, 0.25) is 0 Å². The Kier molecular flexibility index (Phi) is 5.43. The SMILES string of the molecule is CCCCC#C/C=C1\CCC/C(=C\c2ccco2)C1=O. The molecule has 0 aromatic carbocycles. The lowest BCUT2D eigenvalue weighted by atomic mass is 9.88. The minimum Gasteiger partial charge on any atom is -0.465 e. The van der Waals surface area contributed by atoms with Crippen LogP contribution in [0, 0.1) is 11.8 Å². The molecule has 1 aliphatic carbocycles. The summed E-state index contributed by atoms with van der Waals surface area (Å²) >= 11 is 0. The van der Waals surface area contributed by atoms with Gasteiger partial charge in [0.25, 0.3) is 0 Å². The van der Waals surface area contributed by atoms with Gasteiger partial charge >= 0.3 is 0 Å². The van der Waals surface area contributed by atoms with Crippen LogP contribution < -0.4 is 0 Å². The van der Waals surface area contributed by atoms with Crippen LogP contribution >= 0.6 is 0 Å².